The molecule has 1 heterocycles. The summed E-state index contributed by atoms with van der Waals surface area (Å²) in [5.74, 6) is 0. The van der Waals surface area contributed by atoms with Crippen LogP contribution in [-0.4, -0.2) is 6.67 Å². The Labute approximate surface area is 144 Å². The maximum absolute atomic E-state index is 3.31. The van der Waals surface area contributed by atoms with E-state index < -0.39 is 0 Å². The van der Waals surface area contributed by atoms with E-state index in [4.69, 9.17) is 0 Å². The molecule has 3 aromatic rings. The van der Waals surface area contributed by atoms with Crippen molar-refractivity contribution in [3.63, 3.8) is 0 Å². The van der Waals surface area contributed by atoms with Crippen molar-refractivity contribution >= 4 is 22.7 Å². The molecule has 0 amide bonds. The summed E-state index contributed by atoms with van der Waals surface area (Å²) in [6.07, 6.45) is 0. The molecule has 3 aromatic carbocycles. The number of hydrogen-bond acceptors (Lipinski definition) is 2. The summed E-state index contributed by atoms with van der Waals surface area (Å²) in [6, 6.07) is 31.3. The maximum Gasteiger partial charge on any atom is 0.0955 e. The van der Waals surface area contributed by atoms with Crippen molar-refractivity contribution in [1.29, 1.82) is 0 Å². The third kappa shape index (κ3) is 2.54. The van der Waals surface area contributed by atoms with Crippen LogP contribution in [0, 0.1) is 12.1 Å². The van der Waals surface area contributed by atoms with Gasteiger partial charge in [0.1, 0.15) is 0 Å². The Morgan fingerprint density at radius 1 is 0.636 bits per heavy atom. The van der Waals surface area contributed by atoms with Gasteiger partial charge in [-0.1, -0.05) is 23.5 Å². The SMILES string of the molecule is [Ir].[c-]1ccccc1N1CN(c2[c-]cccc2)c2ccccc21. The predicted molar refractivity (Wildman–Crippen MR) is 86.1 cm³/mol. The van der Waals surface area contributed by atoms with E-state index in [1.807, 2.05) is 36.4 Å². The summed E-state index contributed by atoms with van der Waals surface area (Å²) in [6.45, 7) is 0.778. The van der Waals surface area contributed by atoms with Crippen molar-refractivity contribution < 1.29 is 20.1 Å². The Kier molecular flexibility index (Phi) is 4.28. The van der Waals surface area contributed by atoms with Gasteiger partial charge in [0.15, 0.2) is 0 Å². The number of benzene rings is 3. The van der Waals surface area contributed by atoms with Gasteiger partial charge in [0, 0.05) is 20.1 Å². The minimum Gasteiger partial charge on any atom is -0.345 e. The average Bonchev–Trinajstić information content (AvgIpc) is 2.96. The van der Waals surface area contributed by atoms with Crippen LogP contribution in [0.3, 0.4) is 0 Å². The summed E-state index contributed by atoms with van der Waals surface area (Å²) in [7, 11) is 0. The molecule has 0 aromatic heterocycles. The fourth-order valence-electron chi connectivity index (χ4n) is 2.73. The smallest absolute Gasteiger partial charge is 0.0955 e. The van der Waals surface area contributed by atoms with Crippen molar-refractivity contribution in [3.8, 4) is 0 Å². The second-order valence-corrected chi connectivity index (χ2v) is 4.98. The van der Waals surface area contributed by atoms with Gasteiger partial charge in [0.2, 0.25) is 0 Å². The van der Waals surface area contributed by atoms with Crippen LogP contribution in [0.5, 0.6) is 0 Å². The number of nitrogens with zero attached hydrogens (tertiary/aromatic N) is 2. The van der Waals surface area contributed by atoms with Crippen LogP contribution in [0.25, 0.3) is 0 Å². The molecule has 1 aliphatic heterocycles. The molecule has 4 rings (SSSR count). The monoisotopic (exact) mass is 463 g/mol. The van der Waals surface area contributed by atoms with Crippen LogP contribution >= 0.6 is 0 Å². The van der Waals surface area contributed by atoms with E-state index in [0.29, 0.717) is 0 Å². The number of hydrogen-bond donors (Lipinski definition) is 0. The molecule has 0 atom stereocenters. The predicted octanol–water partition coefficient (Wildman–Crippen LogP) is 4.53. The Balaban J connectivity index is 0.00000144. The van der Waals surface area contributed by atoms with Crippen LogP contribution in [0.2, 0.25) is 0 Å². The normalized spacial score (nSPS) is 12.7. The summed E-state index contributed by atoms with van der Waals surface area (Å²) in [5.41, 5.74) is 4.58. The number of para-hydroxylation sites is 4. The molecular weight excluding hydrogens is 448 g/mol. The quantitative estimate of drug-likeness (QED) is 0.517. The average molecular weight is 463 g/mol. The summed E-state index contributed by atoms with van der Waals surface area (Å²) < 4.78 is 0. The fraction of sp³-hybridized carbons (Fsp3) is 0.0526. The minimum absolute atomic E-state index is 0. The van der Waals surface area contributed by atoms with Crippen molar-refractivity contribution in [1.82, 2.24) is 0 Å². The first kappa shape index (κ1) is 14.8. The zero-order valence-electron chi connectivity index (χ0n) is 11.9. The first-order valence-corrected chi connectivity index (χ1v) is 7.01. The van der Waals surface area contributed by atoms with Crippen molar-refractivity contribution in [3.05, 3.63) is 84.9 Å². The van der Waals surface area contributed by atoms with Gasteiger partial charge < -0.3 is 9.80 Å². The summed E-state index contributed by atoms with van der Waals surface area (Å²) in [5, 5.41) is 0. The third-order valence-corrected chi connectivity index (χ3v) is 3.71. The molecule has 1 aliphatic rings. The molecule has 3 heteroatoms. The Bertz CT molecular complexity index is 679. The standard InChI is InChI=1S/C19H14N2.Ir/c1-3-9-16(10-4-1)20-15-21(17-11-5-2-6-12-17)19-14-8-7-13-18(19)20;/h1-9,11,13-14H,15H2;/q-2;. The zero-order chi connectivity index (χ0) is 14.1. The summed E-state index contributed by atoms with van der Waals surface area (Å²) in [4.78, 5) is 4.55. The molecule has 111 valence electrons. The van der Waals surface area contributed by atoms with Gasteiger partial charge in [-0.2, -0.15) is 48.5 Å². The minimum atomic E-state index is 0. The van der Waals surface area contributed by atoms with E-state index in [-0.39, 0.29) is 20.1 Å². The van der Waals surface area contributed by atoms with Crippen LogP contribution < -0.4 is 9.80 Å². The van der Waals surface area contributed by atoms with E-state index in [1.165, 1.54) is 11.4 Å². The molecule has 0 saturated carbocycles. The largest absolute Gasteiger partial charge is 0.345 e. The zero-order valence-corrected chi connectivity index (χ0v) is 14.3. The van der Waals surface area contributed by atoms with Crippen LogP contribution in [0.4, 0.5) is 22.7 Å². The van der Waals surface area contributed by atoms with Gasteiger partial charge in [-0.05, 0) is 12.1 Å². The molecular formula is C19H14IrN2-2. The second-order valence-electron chi connectivity index (χ2n) is 4.98. The van der Waals surface area contributed by atoms with Crippen LogP contribution in [0.15, 0.2) is 72.8 Å². The molecule has 0 fully saturated rings. The molecule has 0 aliphatic carbocycles. The first-order valence-electron chi connectivity index (χ1n) is 7.01. The number of fused-ring (bicyclic) bond motifs is 1. The third-order valence-electron chi connectivity index (χ3n) is 3.71. The van der Waals surface area contributed by atoms with E-state index in [2.05, 4.69) is 58.3 Å². The molecule has 0 bridgehead atoms. The number of rotatable bonds is 2. The van der Waals surface area contributed by atoms with Gasteiger partial charge in [-0.25, -0.2) is 0 Å². The molecule has 0 spiro atoms. The molecule has 1 radical (unpaired) electrons. The fourth-order valence-corrected chi connectivity index (χ4v) is 2.73. The van der Waals surface area contributed by atoms with Crippen LogP contribution in [0.1, 0.15) is 0 Å². The van der Waals surface area contributed by atoms with Gasteiger partial charge in [0.05, 0.1) is 18.0 Å². The molecule has 22 heavy (non-hydrogen) atoms. The van der Waals surface area contributed by atoms with E-state index in [9.17, 15) is 0 Å². The van der Waals surface area contributed by atoms with Gasteiger partial charge in [0.25, 0.3) is 0 Å². The second kappa shape index (κ2) is 6.35. The first-order chi connectivity index (χ1) is 10.4. The Morgan fingerprint density at radius 3 is 1.50 bits per heavy atom. The molecule has 0 unspecified atom stereocenters. The molecule has 2 nitrogen and oxygen atoms in total. The van der Waals surface area contributed by atoms with E-state index in [1.54, 1.807) is 0 Å². The Hall–Kier alpha value is -2.09. The van der Waals surface area contributed by atoms with Gasteiger partial charge in [-0.3, -0.25) is 0 Å². The van der Waals surface area contributed by atoms with Crippen molar-refractivity contribution in [2.45, 2.75) is 0 Å². The van der Waals surface area contributed by atoms with E-state index >= 15 is 0 Å². The maximum atomic E-state index is 3.31. The summed E-state index contributed by atoms with van der Waals surface area (Å²) >= 11 is 0. The van der Waals surface area contributed by atoms with Crippen LogP contribution in [-0.2, 0) is 20.1 Å². The topological polar surface area (TPSA) is 6.48 Å². The Morgan fingerprint density at radius 2 is 1.09 bits per heavy atom. The van der Waals surface area contributed by atoms with Gasteiger partial charge in [-0.15, -0.1) is 12.1 Å². The molecule has 0 saturated heterocycles. The number of anilines is 4. The van der Waals surface area contributed by atoms with E-state index in [0.717, 1.165) is 18.0 Å². The van der Waals surface area contributed by atoms with Crippen molar-refractivity contribution in [2.24, 2.45) is 0 Å². The van der Waals surface area contributed by atoms with Gasteiger partial charge >= 0.3 is 0 Å². The molecule has 0 N–H and O–H groups in total. The van der Waals surface area contributed by atoms with Crippen molar-refractivity contribution in [2.75, 3.05) is 16.5 Å².